The minimum atomic E-state index is -1.05. The minimum Gasteiger partial charge on any atom is -0.379 e. The molecule has 2 aromatic rings. The molecule has 0 aliphatic carbocycles. The number of nitrogens with zero attached hydrogens (tertiary/aromatic N) is 2. The van der Waals surface area contributed by atoms with Gasteiger partial charge in [-0.3, -0.25) is 9.48 Å². The molecule has 0 spiro atoms. The van der Waals surface area contributed by atoms with Crippen molar-refractivity contribution in [1.29, 1.82) is 0 Å². The Morgan fingerprint density at radius 2 is 2.24 bits per heavy atom. The third-order valence-electron chi connectivity index (χ3n) is 3.32. The van der Waals surface area contributed by atoms with Gasteiger partial charge in [-0.25, -0.2) is 8.78 Å². The number of benzene rings is 1. The molecular weight excluding hydrogens is 280 g/mol. The fraction of sp³-hybridized carbons (Fsp3) is 0.286. The maximum Gasteiger partial charge on any atom is 0.255 e. The molecule has 0 saturated carbocycles. The third-order valence-corrected chi connectivity index (χ3v) is 3.32. The van der Waals surface area contributed by atoms with Crippen LogP contribution in [0.15, 0.2) is 30.6 Å². The number of hydrogen-bond acceptors (Lipinski definition) is 3. The van der Waals surface area contributed by atoms with Gasteiger partial charge in [0.15, 0.2) is 11.6 Å². The quantitative estimate of drug-likeness (QED) is 0.945. The molecule has 5 nitrogen and oxygen atoms in total. The molecule has 21 heavy (non-hydrogen) atoms. The number of rotatable bonds is 3. The summed E-state index contributed by atoms with van der Waals surface area (Å²) in [6.07, 6.45) is 4.07. The molecule has 1 fully saturated rings. The second-order valence-electron chi connectivity index (χ2n) is 4.81. The highest BCUT2D eigenvalue weighted by Gasteiger charge is 2.19. The van der Waals surface area contributed by atoms with Crippen LogP contribution in [0.3, 0.4) is 0 Å². The zero-order chi connectivity index (χ0) is 14.8. The zero-order valence-electron chi connectivity index (χ0n) is 11.1. The summed E-state index contributed by atoms with van der Waals surface area (Å²) in [7, 11) is 0. The maximum absolute atomic E-state index is 13.1. The molecular formula is C14H13F2N3O2. The van der Waals surface area contributed by atoms with Gasteiger partial charge in [-0.2, -0.15) is 5.10 Å². The molecule has 0 radical (unpaired) electrons. The van der Waals surface area contributed by atoms with E-state index in [0.717, 1.165) is 18.6 Å². The van der Waals surface area contributed by atoms with Gasteiger partial charge >= 0.3 is 0 Å². The minimum absolute atomic E-state index is 0.0471. The molecule has 1 amide bonds. The van der Waals surface area contributed by atoms with Gasteiger partial charge in [0.1, 0.15) is 0 Å². The van der Waals surface area contributed by atoms with Crippen LogP contribution in [0.5, 0.6) is 0 Å². The van der Waals surface area contributed by atoms with Gasteiger partial charge in [-0.05, 0) is 24.6 Å². The van der Waals surface area contributed by atoms with Crippen LogP contribution in [-0.2, 0) is 4.74 Å². The average molecular weight is 293 g/mol. The van der Waals surface area contributed by atoms with Crippen LogP contribution >= 0.6 is 0 Å². The molecule has 110 valence electrons. The summed E-state index contributed by atoms with van der Waals surface area (Å²) in [5.74, 6) is -2.56. The Morgan fingerprint density at radius 3 is 2.95 bits per heavy atom. The third kappa shape index (κ3) is 2.92. The molecule has 1 aliphatic heterocycles. The van der Waals surface area contributed by atoms with Crippen molar-refractivity contribution in [2.75, 3.05) is 18.5 Å². The number of anilines is 1. The van der Waals surface area contributed by atoms with Crippen molar-refractivity contribution in [3.63, 3.8) is 0 Å². The van der Waals surface area contributed by atoms with Gasteiger partial charge in [0.2, 0.25) is 0 Å². The monoisotopic (exact) mass is 293 g/mol. The van der Waals surface area contributed by atoms with Crippen LogP contribution in [-0.4, -0.2) is 28.9 Å². The van der Waals surface area contributed by atoms with E-state index < -0.39 is 17.5 Å². The molecule has 1 atom stereocenters. The lowest BCUT2D eigenvalue weighted by Crippen LogP contribution is -2.12. The molecule has 1 N–H and O–H groups in total. The largest absolute Gasteiger partial charge is 0.379 e. The molecule has 1 saturated heterocycles. The number of hydrogen-bond donors (Lipinski definition) is 1. The van der Waals surface area contributed by atoms with E-state index in [0.29, 0.717) is 18.9 Å². The van der Waals surface area contributed by atoms with Crippen molar-refractivity contribution in [2.24, 2.45) is 0 Å². The Bertz CT molecular complexity index is 666. The van der Waals surface area contributed by atoms with Gasteiger partial charge < -0.3 is 10.1 Å². The lowest BCUT2D eigenvalue weighted by atomic mass is 10.2. The Balaban J connectivity index is 1.70. The first-order valence-electron chi connectivity index (χ1n) is 6.52. The second kappa shape index (κ2) is 5.61. The molecule has 1 aromatic heterocycles. The van der Waals surface area contributed by atoms with E-state index in [4.69, 9.17) is 4.74 Å². The highest BCUT2D eigenvalue weighted by molar-refractivity contribution is 6.04. The van der Waals surface area contributed by atoms with E-state index in [1.807, 2.05) is 0 Å². The average Bonchev–Trinajstić information content (AvgIpc) is 3.12. The Kier molecular flexibility index (Phi) is 3.66. The molecule has 2 heterocycles. The van der Waals surface area contributed by atoms with E-state index in [1.54, 1.807) is 10.9 Å². The topological polar surface area (TPSA) is 56.2 Å². The fourth-order valence-corrected chi connectivity index (χ4v) is 2.17. The molecule has 3 rings (SSSR count). The normalized spacial score (nSPS) is 17.9. The summed E-state index contributed by atoms with van der Waals surface area (Å²) in [5.41, 5.74) is 0.544. The lowest BCUT2D eigenvalue weighted by molar-refractivity contribution is 0.102. The summed E-state index contributed by atoms with van der Waals surface area (Å²) in [6.45, 7) is 1.29. The zero-order valence-corrected chi connectivity index (χ0v) is 11.1. The highest BCUT2D eigenvalue weighted by atomic mass is 19.2. The molecule has 7 heteroatoms. The predicted octanol–water partition coefficient (Wildman–Crippen LogP) is 2.38. The number of aromatic nitrogens is 2. The summed E-state index contributed by atoms with van der Waals surface area (Å²) in [5, 5.41) is 6.76. The van der Waals surface area contributed by atoms with Crippen LogP contribution in [0.25, 0.3) is 0 Å². The van der Waals surface area contributed by atoms with E-state index in [1.165, 1.54) is 12.3 Å². The van der Waals surface area contributed by atoms with Crippen molar-refractivity contribution in [3.8, 4) is 0 Å². The first-order chi connectivity index (χ1) is 10.1. The standard InChI is InChI=1S/C14H13F2N3O2/c15-12-2-1-9(5-13(12)16)14(20)18-10-6-17-19(7-10)11-3-4-21-8-11/h1-2,5-7,11H,3-4,8H2,(H,18,20)/t11-/m1/s1. The predicted molar refractivity (Wildman–Crippen MR) is 71.0 cm³/mol. The number of carbonyl (C=O) groups excluding carboxylic acids is 1. The number of carbonyl (C=O) groups is 1. The maximum atomic E-state index is 13.1. The molecule has 1 aliphatic rings. The van der Waals surface area contributed by atoms with Crippen molar-refractivity contribution in [1.82, 2.24) is 9.78 Å². The van der Waals surface area contributed by atoms with E-state index in [9.17, 15) is 13.6 Å². The Hall–Kier alpha value is -2.28. The summed E-state index contributed by atoms with van der Waals surface area (Å²) in [4.78, 5) is 11.9. The van der Waals surface area contributed by atoms with Crippen LogP contribution in [0.1, 0.15) is 22.8 Å². The number of halogens is 2. The fourth-order valence-electron chi connectivity index (χ4n) is 2.17. The van der Waals surface area contributed by atoms with Crippen LogP contribution in [0.4, 0.5) is 14.5 Å². The van der Waals surface area contributed by atoms with Gasteiger partial charge in [-0.15, -0.1) is 0 Å². The van der Waals surface area contributed by atoms with Gasteiger partial charge in [0, 0.05) is 18.4 Å². The molecule has 1 aromatic carbocycles. The SMILES string of the molecule is O=C(Nc1cnn([C@@H]2CCOC2)c1)c1ccc(F)c(F)c1. The van der Waals surface area contributed by atoms with E-state index in [2.05, 4.69) is 10.4 Å². The lowest BCUT2D eigenvalue weighted by Gasteiger charge is -2.07. The first kappa shape index (κ1) is 13.7. The molecule has 0 bridgehead atoms. The summed E-state index contributed by atoms with van der Waals surface area (Å²) < 4.78 is 32.9. The number of ether oxygens (including phenoxy) is 1. The summed E-state index contributed by atoms with van der Waals surface area (Å²) >= 11 is 0. The van der Waals surface area contributed by atoms with Crippen molar-refractivity contribution in [3.05, 3.63) is 47.8 Å². The van der Waals surface area contributed by atoms with Crippen LogP contribution in [0.2, 0.25) is 0 Å². The van der Waals surface area contributed by atoms with E-state index in [-0.39, 0.29) is 11.6 Å². The second-order valence-corrected chi connectivity index (χ2v) is 4.81. The van der Waals surface area contributed by atoms with Gasteiger partial charge in [-0.1, -0.05) is 0 Å². The van der Waals surface area contributed by atoms with Crippen LogP contribution in [0, 0.1) is 11.6 Å². The van der Waals surface area contributed by atoms with Crippen molar-refractivity contribution < 1.29 is 18.3 Å². The van der Waals surface area contributed by atoms with Crippen LogP contribution < -0.4 is 5.32 Å². The Labute approximate surface area is 119 Å². The first-order valence-corrected chi connectivity index (χ1v) is 6.52. The molecule has 0 unspecified atom stereocenters. The van der Waals surface area contributed by atoms with Gasteiger partial charge in [0.05, 0.1) is 24.5 Å². The number of amides is 1. The number of nitrogens with one attached hydrogen (secondary N) is 1. The Morgan fingerprint density at radius 1 is 1.38 bits per heavy atom. The smallest absolute Gasteiger partial charge is 0.255 e. The highest BCUT2D eigenvalue weighted by Crippen LogP contribution is 2.20. The summed E-state index contributed by atoms with van der Waals surface area (Å²) in [6, 6.07) is 3.17. The van der Waals surface area contributed by atoms with Crippen molar-refractivity contribution >= 4 is 11.6 Å². The van der Waals surface area contributed by atoms with Gasteiger partial charge in [0.25, 0.3) is 5.91 Å². The van der Waals surface area contributed by atoms with Crippen molar-refractivity contribution in [2.45, 2.75) is 12.5 Å². The van der Waals surface area contributed by atoms with E-state index >= 15 is 0 Å².